The largest absolute Gasteiger partial charge is 0.437 e. The van der Waals surface area contributed by atoms with Crippen LogP contribution in [0.2, 0.25) is 0 Å². The van der Waals surface area contributed by atoms with E-state index in [1.807, 2.05) is 32.2 Å². The molecule has 0 amide bonds. The van der Waals surface area contributed by atoms with Crippen molar-refractivity contribution in [3.05, 3.63) is 35.3 Å². The van der Waals surface area contributed by atoms with E-state index in [2.05, 4.69) is 27.4 Å². The van der Waals surface area contributed by atoms with Gasteiger partial charge in [-0.2, -0.15) is 0 Å². The third kappa shape index (κ3) is 3.07. The Morgan fingerprint density at radius 1 is 1.33 bits per heavy atom. The second kappa shape index (κ2) is 5.64. The molecule has 0 aliphatic heterocycles. The van der Waals surface area contributed by atoms with E-state index in [0.29, 0.717) is 5.88 Å². The van der Waals surface area contributed by atoms with Gasteiger partial charge >= 0.3 is 0 Å². The molecule has 0 saturated carbocycles. The molecule has 0 radical (unpaired) electrons. The predicted molar refractivity (Wildman–Crippen MR) is 69.8 cm³/mol. The molecule has 96 valence electrons. The molecule has 2 heterocycles. The zero-order chi connectivity index (χ0) is 13.0. The summed E-state index contributed by atoms with van der Waals surface area (Å²) in [7, 11) is 0. The Bertz CT molecular complexity index is 521. The Kier molecular flexibility index (Phi) is 3.94. The van der Waals surface area contributed by atoms with Crippen molar-refractivity contribution in [3.63, 3.8) is 0 Å². The number of aromatic amines is 1. The SMILES string of the molecule is CCNCc1cnc(C)cc1Oc1cc(C)[nH]n1. The minimum atomic E-state index is 0.579. The van der Waals surface area contributed by atoms with Gasteiger partial charge in [0, 0.05) is 41.8 Å². The topological polar surface area (TPSA) is 62.8 Å². The van der Waals surface area contributed by atoms with Crippen molar-refractivity contribution in [1.29, 1.82) is 0 Å². The lowest BCUT2D eigenvalue weighted by Crippen LogP contribution is -2.12. The summed E-state index contributed by atoms with van der Waals surface area (Å²) in [6.07, 6.45) is 1.84. The summed E-state index contributed by atoms with van der Waals surface area (Å²) in [6.45, 7) is 7.60. The number of aromatic nitrogens is 3. The van der Waals surface area contributed by atoms with Gasteiger partial charge in [-0.3, -0.25) is 10.1 Å². The van der Waals surface area contributed by atoms with Crippen molar-refractivity contribution < 1.29 is 4.74 Å². The van der Waals surface area contributed by atoms with Crippen LogP contribution in [0.5, 0.6) is 11.6 Å². The molecule has 5 nitrogen and oxygen atoms in total. The standard InChI is InChI=1S/C13H18N4O/c1-4-14-7-11-8-15-9(2)5-12(11)18-13-6-10(3)16-17-13/h5-6,8,14H,4,7H2,1-3H3,(H,16,17). The molecule has 18 heavy (non-hydrogen) atoms. The number of pyridine rings is 1. The van der Waals surface area contributed by atoms with Crippen LogP contribution in [0.3, 0.4) is 0 Å². The maximum atomic E-state index is 5.79. The lowest BCUT2D eigenvalue weighted by Gasteiger charge is -2.10. The molecule has 2 rings (SSSR count). The van der Waals surface area contributed by atoms with Crippen molar-refractivity contribution in [2.24, 2.45) is 0 Å². The zero-order valence-corrected chi connectivity index (χ0v) is 10.9. The second-order valence-electron chi connectivity index (χ2n) is 4.20. The summed E-state index contributed by atoms with van der Waals surface area (Å²) in [5.74, 6) is 1.38. The van der Waals surface area contributed by atoms with Crippen molar-refractivity contribution in [3.8, 4) is 11.6 Å². The fourth-order valence-corrected chi connectivity index (χ4v) is 1.61. The molecule has 0 bridgehead atoms. The zero-order valence-electron chi connectivity index (χ0n) is 10.9. The number of nitrogens with one attached hydrogen (secondary N) is 2. The second-order valence-corrected chi connectivity index (χ2v) is 4.20. The number of aryl methyl sites for hydroxylation is 2. The highest BCUT2D eigenvalue weighted by atomic mass is 16.5. The van der Waals surface area contributed by atoms with Gasteiger partial charge in [0.2, 0.25) is 5.88 Å². The Labute approximate surface area is 107 Å². The van der Waals surface area contributed by atoms with Gasteiger partial charge in [0.15, 0.2) is 0 Å². The highest BCUT2D eigenvalue weighted by molar-refractivity contribution is 5.35. The maximum absolute atomic E-state index is 5.79. The van der Waals surface area contributed by atoms with Gasteiger partial charge < -0.3 is 10.1 Å². The third-order valence-corrected chi connectivity index (χ3v) is 2.54. The Balaban J connectivity index is 2.21. The first-order chi connectivity index (χ1) is 8.69. The first-order valence-corrected chi connectivity index (χ1v) is 6.05. The lowest BCUT2D eigenvalue weighted by atomic mass is 10.2. The molecule has 0 saturated heterocycles. The third-order valence-electron chi connectivity index (χ3n) is 2.54. The fourth-order valence-electron chi connectivity index (χ4n) is 1.61. The van der Waals surface area contributed by atoms with Crippen LogP contribution < -0.4 is 10.1 Å². The van der Waals surface area contributed by atoms with E-state index in [4.69, 9.17) is 4.74 Å². The van der Waals surface area contributed by atoms with Crippen molar-refractivity contribution in [1.82, 2.24) is 20.5 Å². The van der Waals surface area contributed by atoms with Gasteiger partial charge in [-0.25, -0.2) is 0 Å². The monoisotopic (exact) mass is 246 g/mol. The summed E-state index contributed by atoms with van der Waals surface area (Å²) in [5.41, 5.74) is 2.93. The van der Waals surface area contributed by atoms with E-state index in [-0.39, 0.29) is 0 Å². The lowest BCUT2D eigenvalue weighted by molar-refractivity contribution is 0.452. The Hall–Kier alpha value is -1.88. The highest BCUT2D eigenvalue weighted by Gasteiger charge is 2.08. The van der Waals surface area contributed by atoms with Crippen molar-refractivity contribution in [2.75, 3.05) is 6.54 Å². The molecule has 2 aromatic rings. The van der Waals surface area contributed by atoms with Gasteiger partial charge in [-0.1, -0.05) is 6.92 Å². The van der Waals surface area contributed by atoms with Crippen LogP contribution >= 0.6 is 0 Å². The first kappa shape index (κ1) is 12.6. The Morgan fingerprint density at radius 3 is 2.83 bits per heavy atom. The summed E-state index contributed by atoms with van der Waals surface area (Å²) < 4.78 is 5.79. The van der Waals surface area contributed by atoms with E-state index < -0.39 is 0 Å². The maximum Gasteiger partial charge on any atom is 0.238 e. The molecule has 5 heteroatoms. The Morgan fingerprint density at radius 2 is 2.17 bits per heavy atom. The van der Waals surface area contributed by atoms with Crippen LogP contribution in [-0.2, 0) is 6.54 Å². The molecular weight excluding hydrogens is 228 g/mol. The molecule has 0 aliphatic rings. The number of nitrogens with zero attached hydrogens (tertiary/aromatic N) is 2. The molecule has 2 N–H and O–H groups in total. The molecule has 0 spiro atoms. The van der Waals surface area contributed by atoms with E-state index >= 15 is 0 Å². The van der Waals surface area contributed by atoms with E-state index in [1.54, 1.807) is 0 Å². The summed E-state index contributed by atoms with van der Waals surface area (Å²) in [6, 6.07) is 3.80. The average molecular weight is 246 g/mol. The van der Waals surface area contributed by atoms with Gasteiger partial charge in [-0.15, -0.1) is 5.10 Å². The minimum absolute atomic E-state index is 0.579. The summed E-state index contributed by atoms with van der Waals surface area (Å²) in [4.78, 5) is 4.29. The van der Waals surface area contributed by atoms with Crippen LogP contribution in [0.4, 0.5) is 0 Å². The number of rotatable bonds is 5. The van der Waals surface area contributed by atoms with Gasteiger partial charge in [-0.05, 0) is 20.4 Å². The predicted octanol–water partition coefficient (Wildman–Crippen LogP) is 2.32. The molecular formula is C13H18N4O. The molecule has 2 aromatic heterocycles. The summed E-state index contributed by atoms with van der Waals surface area (Å²) in [5, 5.41) is 10.2. The molecule has 0 atom stereocenters. The van der Waals surface area contributed by atoms with Crippen LogP contribution in [-0.4, -0.2) is 21.7 Å². The number of hydrogen-bond acceptors (Lipinski definition) is 4. The van der Waals surface area contributed by atoms with Gasteiger partial charge in [0.05, 0.1) is 0 Å². The van der Waals surface area contributed by atoms with Crippen LogP contribution in [0, 0.1) is 13.8 Å². The van der Waals surface area contributed by atoms with Crippen LogP contribution in [0.15, 0.2) is 18.3 Å². The quantitative estimate of drug-likeness (QED) is 0.850. The number of H-pyrrole nitrogens is 1. The molecule has 0 fully saturated rings. The van der Waals surface area contributed by atoms with E-state index in [9.17, 15) is 0 Å². The normalized spacial score (nSPS) is 10.6. The highest BCUT2D eigenvalue weighted by Crippen LogP contribution is 2.24. The molecule has 0 unspecified atom stereocenters. The molecule has 0 aromatic carbocycles. The van der Waals surface area contributed by atoms with Crippen LogP contribution in [0.1, 0.15) is 23.9 Å². The average Bonchev–Trinajstić information content (AvgIpc) is 2.74. The van der Waals surface area contributed by atoms with Gasteiger partial charge in [0.25, 0.3) is 0 Å². The number of ether oxygens (including phenoxy) is 1. The summed E-state index contributed by atoms with van der Waals surface area (Å²) >= 11 is 0. The minimum Gasteiger partial charge on any atom is -0.437 e. The van der Waals surface area contributed by atoms with Crippen LogP contribution in [0.25, 0.3) is 0 Å². The van der Waals surface area contributed by atoms with E-state index in [1.165, 1.54) is 0 Å². The smallest absolute Gasteiger partial charge is 0.238 e. The number of hydrogen-bond donors (Lipinski definition) is 2. The first-order valence-electron chi connectivity index (χ1n) is 6.05. The van der Waals surface area contributed by atoms with E-state index in [0.717, 1.165) is 35.8 Å². The van der Waals surface area contributed by atoms with Crippen molar-refractivity contribution in [2.45, 2.75) is 27.3 Å². The van der Waals surface area contributed by atoms with Crippen molar-refractivity contribution >= 4 is 0 Å². The molecule has 0 aliphatic carbocycles. The fraction of sp³-hybridized carbons (Fsp3) is 0.385. The van der Waals surface area contributed by atoms with Gasteiger partial charge in [0.1, 0.15) is 5.75 Å².